The number of rotatable bonds is 3. The maximum Gasteiger partial charge on any atom is 0.236 e. The van der Waals surface area contributed by atoms with Gasteiger partial charge in [-0.15, -0.1) is 0 Å². The third-order valence-corrected chi connectivity index (χ3v) is 4.16. The van der Waals surface area contributed by atoms with Crippen molar-refractivity contribution in [2.24, 2.45) is 0 Å². The van der Waals surface area contributed by atoms with E-state index in [0.717, 1.165) is 39.0 Å². The zero-order valence-corrected chi connectivity index (χ0v) is 12.5. The highest BCUT2D eigenvalue weighted by molar-refractivity contribution is 5.78. The van der Waals surface area contributed by atoms with Crippen LogP contribution in [0.1, 0.15) is 26.7 Å². The summed E-state index contributed by atoms with van der Waals surface area (Å²) in [4.78, 5) is 27.7. The Hall–Kier alpha value is -1.14. The molecule has 0 aromatic heterocycles. The molecule has 0 saturated carbocycles. The predicted octanol–water partition coefficient (Wildman–Crippen LogP) is -0.593. The summed E-state index contributed by atoms with van der Waals surface area (Å²) in [5.41, 5.74) is 0. The lowest BCUT2D eigenvalue weighted by Gasteiger charge is -2.37. The molecule has 0 aliphatic carbocycles. The second-order valence-corrected chi connectivity index (χ2v) is 5.90. The van der Waals surface area contributed by atoms with E-state index < -0.39 is 0 Å². The van der Waals surface area contributed by atoms with Crippen molar-refractivity contribution < 1.29 is 9.59 Å². The van der Waals surface area contributed by atoms with Gasteiger partial charge < -0.3 is 15.5 Å². The average molecular weight is 282 g/mol. The number of carbonyl (C=O) groups is 2. The van der Waals surface area contributed by atoms with E-state index in [1.807, 2.05) is 4.90 Å². The first kappa shape index (κ1) is 15.3. The fourth-order valence-electron chi connectivity index (χ4n) is 3.00. The summed E-state index contributed by atoms with van der Waals surface area (Å²) in [7, 11) is 0. The minimum absolute atomic E-state index is 0.0139. The smallest absolute Gasteiger partial charge is 0.236 e. The normalized spacial score (nSPS) is 28.2. The van der Waals surface area contributed by atoms with Gasteiger partial charge >= 0.3 is 0 Å². The quantitative estimate of drug-likeness (QED) is 0.726. The summed E-state index contributed by atoms with van der Waals surface area (Å²) < 4.78 is 0. The van der Waals surface area contributed by atoms with Gasteiger partial charge in [0.15, 0.2) is 0 Å². The summed E-state index contributed by atoms with van der Waals surface area (Å²) in [6.45, 7) is 8.46. The van der Waals surface area contributed by atoms with Crippen molar-refractivity contribution in [2.45, 2.75) is 38.8 Å². The highest BCUT2D eigenvalue weighted by atomic mass is 16.2. The molecule has 114 valence electrons. The summed E-state index contributed by atoms with van der Waals surface area (Å²) in [6.07, 6.45) is 1.93. The molecule has 2 atom stereocenters. The van der Waals surface area contributed by atoms with Gasteiger partial charge in [0.25, 0.3) is 0 Å². The molecule has 2 rings (SSSR count). The Balaban J connectivity index is 1.83. The van der Waals surface area contributed by atoms with Gasteiger partial charge in [0.2, 0.25) is 11.8 Å². The molecule has 2 aliphatic heterocycles. The van der Waals surface area contributed by atoms with Crippen LogP contribution in [0.25, 0.3) is 0 Å². The van der Waals surface area contributed by atoms with E-state index in [2.05, 4.69) is 22.5 Å². The average Bonchev–Trinajstić information content (AvgIpc) is 2.41. The van der Waals surface area contributed by atoms with Crippen molar-refractivity contribution >= 4 is 11.8 Å². The van der Waals surface area contributed by atoms with E-state index in [9.17, 15) is 9.59 Å². The molecule has 2 heterocycles. The van der Waals surface area contributed by atoms with Crippen LogP contribution >= 0.6 is 0 Å². The van der Waals surface area contributed by atoms with Crippen LogP contribution in [-0.4, -0.2) is 73.0 Å². The van der Waals surface area contributed by atoms with E-state index in [-0.39, 0.29) is 17.9 Å². The van der Waals surface area contributed by atoms with Crippen molar-refractivity contribution in [2.75, 3.05) is 39.3 Å². The molecule has 2 saturated heterocycles. The van der Waals surface area contributed by atoms with E-state index in [1.165, 1.54) is 6.92 Å². The number of nitrogens with one attached hydrogen (secondary N) is 2. The third-order valence-electron chi connectivity index (χ3n) is 4.16. The maximum atomic E-state index is 12.4. The Morgan fingerprint density at radius 2 is 2.15 bits per heavy atom. The number of piperidine rings is 1. The molecule has 2 aliphatic rings. The number of hydrogen-bond acceptors (Lipinski definition) is 4. The Kier molecular flexibility index (Phi) is 5.37. The van der Waals surface area contributed by atoms with Crippen molar-refractivity contribution in [3.63, 3.8) is 0 Å². The van der Waals surface area contributed by atoms with Crippen LogP contribution in [0, 0.1) is 0 Å². The van der Waals surface area contributed by atoms with Gasteiger partial charge in [0.05, 0.1) is 6.54 Å². The number of carbonyl (C=O) groups excluding carboxylic acids is 2. The minimum atomic E-state index is -0.0139. The molecular formula is C14H26N4O2. The molecule has 0 radical (unpaired) electrons. The first-order chi connectivity index (χ1) is 9.56. The Bertz CT molecular complexity index is 361. The Morgan fingerprint density at radius 1 is 1.35 bits per heavy atom. The summed E-state index contributed by atoms with van der Waals surface area (Å²) in [5.74, 6) is 0.175. The van der Waals surface area contributed by atoms with Gasteiger partial charge in [-0.25, -0.2) is 0 Å². The van der Waals surface area contributed by atoms with Gasteiger partial charge in [-0.3, -0.25) is 14.5 Å². The number of likely N-dealkylation sites (tertiary alicyclic amines) is 1. The number of hydrogen-bond donors (Lipinski definition) is 2. The first-order valence-corrected chi connectivity index (χ1v) is 7.56. The molecule has 0 spiro atoms. The zero-order chi connectivity index (χ0) is 14.5. The lowest BCUT2D eigenvalue weighted by Crippen LogP contribution is -2.55. The molecule has 1 unspecified atom stereocenters. The number of amides is 2. The van der Waals surface area contributed by atoms with Crippen LogP contribution < -0.4 is 10.6 Å². The van der Waals surface area contributed by atoms with Gasteiger partial charge in [-0.05, 0) is 19.8 Å². The zero-order valence-electron chi connectivity index (χ0n) is 12.5. The second-order valence-electron chi connectivity index (χ2n) is 5.90. The third kappa shape index (κ3) is 4.18. The number of nitrogens with zero attached hydrogens (tertiary/aromatic N) is 2. The minimum Gasteiger partial charge on any atom is -0.352 e. The predicted molar refractivity (Wildman–Crippen MR) is 77.3 cm³/mol. The van der Waals surface area contributed by atoms with Gasteiger partial charge in [0, 0.05) is 51.7 Å². The lowest BCUT2D eigenvalue weighted by atomic mass is 10.1. The topological polar surface area (TPSA) is 64.7 Å². The molecule has 2 N–H and O–H groups in total. The van der Waals surface area contributed by atoms with Gasteiger partial charge in [-0.1, -0.05) is 0 Å². The largest absolute Gasteiger partial charge is 0.352 e. The molecule has 0 aromatic rings. The molecule has 0 aromatic carbocycles. The Labute approximate surface area is 120 Å². The highest BCUT2D eigenvalue weighted by Gasteiger charge is 2.27. The van der Waals surface area contributed by atoms with Gasteiger partial charge in [0.1, 0.15) is 0 Å². The molecule has 20 heavy (non-hydrogen) atoms. The van der Waals surface area contributed by atoms with E-state index in [0.29, 0.717) is 19.1 Å². The van der Waals surface area contributed by atoms with Crippen LogP contribution in [0.4, 0.5) is 0 Å². The standard InChI is InChI=1S/C14H26N4O2/c1-11-8-15-5-7-17(11)10-14(20)18-6-3-4-13(9-18)16-12(2)19/h11,13,15H,3-10H2,1-2H3,(H,16,19)/t11-,13?/m1/s1. The van der Waals surface area contributed by atoms with Crippen molar-refractivity contribution in [3.05, 3.63) is 0 Å². The monoisotopic (exact) mass is 282 g/mol. The molecule has 6 heteroatoms. The maximum absolute atomic E-state index is 12.4. The van der Waals surface area contributed by atoms with Crippen molar-refractivity contribution in [1.82, 2.24) is 20.4 Å². The van der Waals surface area contributed by atoms with E-state index >= 15 is 0 Å². The van der Waals surface area contributed by atoms with Crippen LogP contribution in [-0.2, 0) is 9.59 Å². The molecule has 2 amide bonds. The van der Waals surface area contributed by atoms with Crippen LogP contribution in [0.5, 0.6) is 0 Å². The van der Waals surface area contributed by atoms with Crippen LogP contribution in [0.15, 0.2) is 0 Å². The van der Waals surface area contributed by atoms with Crippen LogP contribution in [0.2, 0.25) is 0 Å². The van der Waals surface area contributed by atoms with Crippen molar-refractivity contribution in [1.29, 1.82) is 0 Å². The molecule has 0 bridgehead atoms. The van der Waals surface area contributed by atoms with Crippen molar-refractivity contribution in [3.8, 4) is 0 Å². The Morgan fingerprint density at radius 3 is 2.85 bits per heavy atom. The molecular weight excluding hydrogens is 256 g/mol. The molecule has 6 nitrogen and oxygen atoms in total. The lowest BCUT2D eigenvalue weighted by molar-refractivity contribution is -0.135. The summed E-state index contributed by atoms with van der Waals surface area (Å²) >= 11 is 0. The van der Waals surface area contributed by atoms with E-state index in [1.54, 1.807) is 0 Å². The first-order valence-electron chi connectivity index (χ1n) is 7.56. The van der Waals surface area contributed by atoms with E-state index in [4.69, 9.17) is 0 Å². The highest BCUT2D eigenvalue weighted by Crippen LogP contribution is 2.12. The molecule has 2 fully saturated rings. The summed E-state index contributed by atoms with van der Waals surface area (Å²) in [5, 5.41) is 6.25. The fraction of sp³-hybridized carbons (Fsp3) is 0.857. The number of piperazine rings is 1. The second kappa shape index (κ2) is 7.04. The SMILES string of the molecule is CC(=O)NC1CCCN(C(=O)CN2CCNC[C@H]2C)C1. The fourth-order valence-corrected chi connectivity index (χ4v) is 3.00. The summed E-state index contributed by atoms with van der Waals surface area (Å²) in [6, 6.07) is 0.522. The van der Waals surface area contributed by atoms with Gasteiger partial charge in [-0.2, -0.15) is 0 Å². The van der Waals surface area contributed by atoms with Crippen LogP contribution in [0.3, 0.4) is 0 Å².